The summed E-state index contributed by atoms with van der Waals surface area (Å²) in [6.07, 6.45) is 0. The second kappa shape index (κ2) is 5.59. The molecule has 0 aliphatic carbocycles. The van der Waals surface area contributed by atoms with Crippen molar-refractivity contribution in [3.8, 4) is 0 Å². The van der Waals surface area contributed by atoms with Gasteiger partial charge in [-0.15, -0.1) is 5.10 Å². The fourth-order valence-corrected chi connectivity index (χ4v) is 1.57. The molecule has 0 amide bonds. The fraction of sp³-hybridized carbons (Fsp3) is 0.333. The molecule has 5 nitrogen and oxygen atoms in total. The highest BCUT2D eigenvalue weighted by atomic mass is 19.1. The van der Waals surface area contributed by atoms with Crippen LogP contribution in [0, 0.1) is 5.82 Å². The molecule has 0 saturated carbocycles. The number of anilines is 1. The third-order valence-electron chi connectivity index (χ3n) is 2.48. The number of nitrogens with one attached hydrogen (secondary N) is 1. The Balaban J connectivity index is 2.07. The van der Waals surface area contributed by atoms with E-state index < -0.39 is 0 Å². The molecule has 0 atom stereocenters. The minimum Gasteiger partial charge on any atom is -0.407 e. The van der Waals surface area contributed by atoms with Gasteiger partial charge in [-0.1, -0.05) is 23.3 Å². The van der Waals surface area contributed by atoms with Crippen molar-refractivity contribution in [1.29, 1.82) is 0 Å². The van der Waals surface area contributed by atoms with E-state index in [-0.39, 0.29) is 5.82 Å². The summed E-state index contributed by atoms with van der Waals surface area (Å²) in [6, 6.07) is 7.01. The van der Waals surface area contributed by atoms with Gasteiger partial charge in [-0.2, -0.15) is 0 Å². The van der Waals surface area contributed by atoms with Crippen LogP contribution >= 0.6 is 0 Å². The number of aromatic nitrogens is 2. The summed E-state index contributed by atoms with van der Waals surface area (Å²) >= 11 is 0. The Morgan fingerprint density at radius 2 is 2.11 bits per heavy atom. The van der Waals surface area contributed by atoms with Gasteiger partial charge >= 0.3 is 6.01 Å². The highest BCUT2D eigenvalue weighted by molar-refractivity contribution is 5.27. The Labute approximate surface area is 105 Å². The van der Waals surface area contributed by atoms with Crippen molar-refractivity contribution in [1.82, 2.24) is 15.5 Å². The number of hydrogen-bond donors (Lipinski definition) is 1. The first-order valence-electron chi connectivity index (χ1n) is 5.62. The predicted molar refractivity (Wildman–Crippen MR) is 65.6 cm³/mol. The molecule has 0 fully saturated rings. The van der Waals surface area contributed by atoms with Gasteiger partial charge in [-0.25, -0.2) is 4.39 Å². The van der Waals surface area contributed by atoms with Gasteiger partial charge in [-0.05, 0) is 13.1 Å². The quantitative estimate of drug-likeness (QED) is 0.872. The van der Waals surface area contributed by atoms with E-state index >= 15 is 0 Å². The van der Waals surface area contributed by atoms with Gasteiger partial charge in [0.1, 0.15) is 5.82 Å². The van der Waals surface area contributed by atoms with E-state index in [0.717, 1.165) is 0 Å². The van der Waals surface area contributed by atoms with Crippen molar-refractivity contribution in [2.24, 2.45) is 0 Å². The lowest BCUT2D eigenvalue weighted by atomic mass is 10.2. The van der Waals surface area contributed by atoms with E-state index in [1.54, 1.807) is 37.2 Å². The molecule has 0 saturated heterocycles. The molecule has 96 valence electrons. The van der Waals surface area contributed by atoms with E-state index in [1.165, 1.54) is 6.07 Å². The van der Waals surface area contributed by atoms with Crippen LogP contribution in [0.15, 0.2) is 28.7 Å². The largest absolute Gasteiger partial charge is 0.407 e. The van der Waals surface area contributed by atoms with Crippen LogP contribution in [0.3, 0.4) is 0 Å². The Morgan fingerprint density at radius 1 is 1.33 bits per heavy atom. The normalized spacial score (nSPS) is 10.6. The Bertz CT molecular complexity index is 514. The van der Waals surface area contributed by atoms with Crippen molar-refractivity contribution >= 4 is 6.01 Å². The first-order valence-corrected chi connectivity index (χ1v) is 5.62. The van der Waals surface area contributed by atoms with Crippen LogP contribution < -0.4 is 10.2 Å². The molecule has 2 aromatic rings. The fourth-order valence-electron chi connectivity index (χ4n) is 1.57. The maximum Gasteiger partial charge on any atom is 0.318 e. The molecular weight excluding hydrogens is 235 g/mol. The van der Waals surface area contributed by atoms with Gasteiger partial charge in [0.2, 0.25) is 5.89 Å². The van der Waals surface area contributed by atoms with E-state index in [4.69, 9.17) is 4.42 Å². The first-order chi connectivity index (χ1) is 8.70. The molecule has 0 unspecified atom stereocenters. The summed E-state index contributed by atoms with van der Waals surface area (Å²) in [6.45, 7) is 0.897. The highest BCUT2D eigenvalue weighted by Gasteiger charge is 2.12. The van der Waals surface area contributed by atoms with E-state index in [9.17, 15) is 4.39 Å². The first kappa shape index (κ1) is 12.5. The topological polar surface area (TPSA) is 54.2 Å². The lowest BCUT2D eigenvalue weighted by molar-refractivity contribution is 0.474. The molecule has 0 aliphatic rings. The molecule has 1 aromatic heterocycles. The molecule has 1 heterocycles. The minimum atomic E-state index is -0.237. The van der Waals surface area contributed by atoms with Gasteiger partial charge in [0.25, 0.3) is 0 Å². The zero-order chi connectivity index (χ0) is 13.0. The average Bonchev–Trinajstić information content (AvgIpc) is 2.81. The van der Waals surface area contributed by atoms with Crippen LogP contribution in [0.2, 0.25) is 0 Å². The number of hydrogen-bond acceptors (Lipinski definition) is 5. The number of benzene rings is 1. The maximum absolute atomic E-state index is 13.5. The monoisotopic (exact) mass is 250 g/mol. The number of halogens is 1. The summed E-state index contributed by atoms with van der Waals surface area (Å²) < 4.78 is 18.9. The average molecular weight is 250 g/mol. The third kappa shape index (κ3) is 2.84. The maximum atomic E-state index is 13.5. The molecule has 1 N–H and O–H groups in total. The lowest BCUT2D eigenvalue weighted by Gasteiger charge is -2.14. The van der Waals surface area contributed by atoms with Crippen molar-refractivity contribution < 1.29 is 8.81 Å². The lowest BCUT2D eigenvalue weighted by Crippen LogP contribution is -2.17. The Morgan fingerprint density at radius 3 is 2.83 bits per heavy atom. The molecule has 0 radical (unpaired) electrons. The number of nitrogens with zero attached hydrogens (tertiary/aromatic N) is 3. The summed E-state index contributed by atoms with van der Waals surface area (Å²) in [5.74, 6) is 0.271. The van der Waals surface area contributed by atoms with Gasteiger partial charge < -0.3 is 14.6 Å². The van der Waals surface area contributed by atoms with Crippen molar-refractivity contribution in [2.45, 2.75) is 13.1 Å². The van der Waals surface area contributed by atoms with Crippen LogP contribution in [-0.4, -0.2) is 24.3 Å². The van der Waals surface area contributed by atoms with E-state index in [2.05, 4.69) is 15.5 Å². The highest BCUT2D eigenvalue weighted by Crippen LogP contribution is 2.15. The van der Waals surface area contributed by atoms with Crippen LogP contribution in [0.5, 0.6) is 0 Å². The van der Waals surface area contributed by atoms with Crippen molar-refractivity contribution in [3.63, 3.8) is 0 Å². The van der Waals surface area contributed by atoms with Crippen LogP contribution in [0.1, 0.15) is 11.5 Å². The summed E-state index contributed by atoms with van der Waals surface area (Å²) in [7, 11) is 3.58. The van der Waals surface area contributed by atoms with E-state index in [0.29, 0.717) is 30.6 Å². The molecule has 0 bridgehead atoms. The zero-order valence-electron chi connectivity index (χ0n) is 10.4. The number of rotatable bonds is 5. The van der Waals surface area contributed by atoms with Crippen LogP contribution in [0.4, 0.5) is 10.4 Å². The third-order valence-corrected chi connectivity index (χ3v) is 2.48. The van der Waals surface area contributed by atoms with Crippen molar-refractivity contribution in [2.75, 3.05) is 19.0 Å². The molecule has 6 heteroatoms. The van der Waals surface area contributed by atoms with Gasteiger partial charge in [0, 0.05) is 19.2 Å². The molecule has 2 rings (SSSR count). The van der Waals surface area contributed by atoms with Gasteiger partial charge in [-0.3, -0.25) is 0 Å². The van der Waals surface area contributed by atoms with Crippen LogP contribution in [0.25, 0.3) is 0 Å². The van der Waals surface area contributed by atoms with Gasteiger partial charge in [0.05, 0.1) is 6.54 Å². The standard InChI is InChI=1S/C12H15FN4O/c1-14-7-11-15-16-12(18-11)17(2)8-9-5-3-4-6-10(9)13/h3-6,14H,7-8H2,1-2H3. The minimum absolute atomic E-state index is 0.237. The second-order valence-corrected chi connectivity index (χ2v) is 3.96. The molecule has 0 spiro atoms. The van der Waals surface area contributed by atoms with Crippen LogP contribution in [-0.2, 0) is 13.1 Å². The van der Waals surface area contributed by atoms with Crippen molar-refractivity contribution in [3.05, 3.63) is 41.5 Å². The van der Waals surface area contributed by atoms with E-state index in [1.807, 2.05) is 0 Å². The Hall–Kier alpha value is -1.95. The van der Waals surface area contributed by atoms with Gasteiger partial charge in [0.15, 0.2) is 0 Å². The predicted octanol–water partition coefficient (Wildman–Crippen LogP) is 1.56. The molecule has 1 aromatic carbocycles. The summed E-state index contributed by atoms with van der Waals surface area (Å²) in [4.78, 5) is 1.71. The smallest absolute Gasteiger partial charge is 0.318 e. The molecule has 18 heavy (non-hydrogen) atoms. The zero-order valence-corrected chi connectivity index (χ0v) is 10.4. The SMILES string of the molecule is CNCc1nnc(N(C)Cc2ccccc2F)o1. The second-order valence-electron chi connectivity index (χ2n) is 3.96. The molecular formula is C12H15FN4O. The summed E-state index contributed by atoms with van der Waals surface area (Å²) in [5, 5.41) is 10.7. The Kier molecular flexibility index (Phi) is 3.88. The summed E-state index contributed by atoms with van der Waals surface area (Å²) in [5.41, 5.74) is 0.591. The molecule has 0 aliphatic heterocycles.